The number of ketones is 1. The van der Waals surface area contributed by atoms with Gasteiger partial charge >= 0.3 is 0 Å². The molecule has 0 radical (unpaired) electrons. The Hall–Kier alpha value is -0.790. The number of carbonyl (C=O) groups is 1. The normalized spacial score (nSPS) is 43.6. The fourth-order valence-electron chi connectivity index (χ4n) is 1.58. The average Bonchev–Trinajstić information content (AvgIpc) is 2.45. The van der Waals surface area contributed by atoms with Gasteiger partial charge in [-0.3, -0.25) is 4.79 Å². The first-order valence-corrected chi connectivity index (χ1v) is 3.20. The van der Waals surface area contributed by atoms with Crippen LogP contribution in [0.1, 0.15) is 12.8 Å². The van der Waals surface area contributed by atoms with Crippen LogP contribution in [0.25, 0.3) is 0 Å². The standard InChI is InChI=1S/C7H8O2/c8-3-6-5-1-4(5)2-7(6)9/h3-5,8H,1-2H2/b6-3-. The van der Waals surface area contributed by atoms with Crippen LogP contribution in [0, 0.1) is 11.8 Å². The van der Waals surface area contributed by atoms with E-state index in [9.17, 15) is 4.79 Å². The number of aliphatic hydroxyl groups is 1. The molecule has 2 rings (SSSR count). The lowest BCUT2D eigenvalue weighted by molar-refractivity contribution is -0.115. The summed E-state index contributed by atoms with van der Waals surface area (Å²) in [6, 6.07) is 0. The Bertz CT molecular complexity index is 193. The number of allylic oxidation sites excluding steroid dienone is 1. The van der Waals surface area contributed by atoms with E-state index in [-0.39, 0.29) is 5.78 Å². The van der Waals surface area contributed by atoms with Gasteiger partial charge in [0, 0.05) is 12.0 Å². The van der Waals surface area contributed by atoms with Crippen molar-refractivity contribution >= 4 is 5.78 Å². The summed E-state index contributed by atoms with van der Waals surface area (Å²) in [7, 11) is 0. The van der Waals surface area contributed by atoms with E-state index in [1.165, 1.54) is 0 Å². The number of hydrogen-bond donors (Lipinski definition) is 1. The topological polar surface area (TPSA) is 37.3 Å². The van der Waals surface area contributed by atoms with Crippen LogP contribution in [-0.4, -0.2) is 10.9 Å². The summed E-state index contributed by atoms with van der Waals surface area (Å²) in [5.41, 5.74) is 0.667. The van der Waals surface area contributed by atoms with Crippen LogP contribution in [0.4, 0.5) is 0 Å². The van der Waals surface area contributed by atoms with Crippen LogP contribution in [-0.2, 0) is 4.79 Å². The Kier molecular flexibility index (Phi) is 0.770. The number of aliphatic hydroxyl groups excluding tert-OH is 1. The molecular formula is C7H8O2. The maximum absolute atomic E-state index is 10.8. The molecule has 0 spiro atoms. The van der Waals surface area contributed by atoms with Gasteiger partial charge < -0.3 is 5.11 Å². The van der Waals surface area contributed by atoms with Gasteiger partial charge in [0.25, 0.3) is 0 Å². The molecule has 0 heterocycles. The molecule has 48 valence electrons. The van der Waals surface area contributed by atoms with Crippen molar-refractivity contribution in [1.82, 2.24) is 0 Å². The lowest BCUT2D eigenvalue weighted by Gasteiger charge is -1.91. The highest BCUT2D eigenvalue weighted by Gasteiger charge is 2.49. The molecular weight excluding hydrogens is 116 g/mol. The third kappa shape index (κ3) is 0.530. The van der Waals surface area contributed by atoms with E-state index in [1.807, 2.05) is 0 Å². The maximum Gasteiger partial charge on any atom is 0.162 e. The monoisotopic (exact) mass is 124 g/mol. The second kappa shape index (κ2) is 1.38. The molecule has 2 heteroatoms. The van der Waals surface area contributed by atoms with Crippen molar-refractivity contribution in [2.24, 2.45) is 11.8 Å². The fourth-order valence-corrected chi connectivity index (χ4v) is 1.58. The molecule has 2 saturated carbocycles. The second-order valence-corrected chi connectivity index (χ2v) is 2.81. The molecule has 0 saturated heterocycles. The zero-order chi connectivity index (χ0) is 6.43. The molecule has 1 N–H and O–H groups in total. The van der Waals surface area contributed by atoms with Crippen molar-refractivity contribution in [3.63, 3.8) is 0 Å². The van der Waals surface area contributed by atoms with Gasteiger partial charge in [0.1, 0.15) is 0 Å². The number of carbonyl (C=O) groups excluding carboxylic acids is 1. The Morgan fingerprint density at radius 3 is 2.78 bits per heavy atom. The molecule has 2 fully saturated rings. The molecule has 0 aliphatic heterocycles. The summed E-state index contributed by atoms with van der Waals surface area (Å²) >= 11 is 0. The minimum Gasteiger partial charge on any atom is -0.515 e. The van der Waals surface area contributed by atoms with Gasteiger partial charge in [0.15, 0.2) is 5.78 Å². The Labute approximate surface area is 53.2 Å². The summed E-state index contributed by atoms with van der Waals surface area (Å²) in [6.45, 7) is 0. The predicted molar refractivity (Wildman–Crippen MR) is 31.9 cm³/mol. The molecule has 2 aliphatic rings. The highest BCUT2D eigenvalue weighted by atomic mass is 16.2. The van der Waals surface area contributed by atoms with Crippen molar-refractivity contribution < 1.29 is 9.90 Å². The number of hydrogen-bond acceptors (Lipinski definition) is 2. The van der Waals surface area contributed by atoms with Crippen LogP contribution in [0.15, 0.2) is 11.8 Å². The Balaban J connectivity index is 2.30. The van der Waals surface area contributed by atoms with Gasteiger partial charge in [-0.15, -0.1) is 0 Å². The van der Waals surface area contributed by atoms with Crippen LogP contribution >= 0.6 is 0 Å². The largest absolute Gasteiger partial charge is 0.515 e. The van der Waals surface area contributed by atoms with Gasteiger partial charge in [0.2, 0.25) is 0 Å². The molecule has 2 nitrogen and oxygen atoms in total. The third-order valence-electron chi connectivity index (χ3n) is 2.23. The minimum atomic E-state index is 0.152. The third-order valence-corrected chi connectivity index (χ3v) is 2.23. The molecule has 0 aromatic rings. The van der Waals surface area contributed by atoms with Crippen molar-refractivity contribution in [1.29, 1.82) is 0 Å². The fraction of sp³-hybridized carbons (Fsp3) is 0.571. The minimum absolute atomic E-state index is 0.152. The van der Waals surface area contributed by atoms with Gasteiger partial charge in [0.05, 0.1) is 6.26 Å². The number of Topliss-reactive ketones (excluding diaryl/α,β-unsaturated/α-hetero) is 1. The Morgan fingerprint density at radius 1 is 1.67 bits per heavy atom. The SMILES string of the molecule is O=C1CC2CC2/C1=C/O. The lowest BCUT2D eigenvalue weighted by atomic mass is 10.1. The van der Waals surface area contributed by atoms with Gasteiger partial charge in [-0.1, -0.05) is 0 Å². The smallest absolute Gasteiger partial charge is 0.162 e. The van der Waals surface area contributed by atoms with E-state index in [0.717, 1.165) is 12.7 Å². The van der Waals surface area contributed by atoms with Crippen molar-refractivity contribution in [2.75, 3.05) is 0 Å². The second-order valence-electron chi connectivity index (χ2n) is 2.81. The summed E-state index contributed by atoms with van der Waals surface area (Å²) in [6.07, 6.45) is 2.79. The average molecular weight is 124 g/mol. The first-order chi connectivity index (χ1) is 4.33. The van der Waals surface area contributed by atoms with Crippen LogP contribution in [0.2, 0.25) is 0 Å². The molecule has 2 aliphatic carbocycles. The zero-order valence-electron chi connectivity index (χ0n) is 5.00. The van der Waals surface area contributed by atoms with E-state index >= 15 is 0 Å². The molecule has 9 heavy (non-hydrogen) atoms. The number of fused-ring (bicyclic) bond motifs is 1. The van der Waals surface area contributed by atoms with Crippen molar-refractivity contribution in [2.45, 2.75) is 12.8 Å². The van der Waals surface area contributed by atoms with Crippen molar-refractivity contribution in [3.05, 3.63) is 11.8 Å². The van der Waals surface area contributed by atoms with Gasteiger partial charge in [-0.05, 0) is 18.3 Å². The highest BCUT2D eigenvalue weighted by Crippen LogP contribution is 2.52. The van der Waals surface area contributed by atoms with E-state index in [4.69, 9.17) is 5.11 Å². The quantitative estimate of drug-likeness (QED) is 0.387. The van der Waals surface area contributed by atoms with E-state index in [1.54, 1.807) is 0 Å². The predicted octanol–water partition coefficient (Wildman–Crippen LogP) is 1.04. The highest BCUT2D eigenvalue weighted by molar-refractivity contribution is 5.99. The summed E-state index contributed by atoms with van der Waals surface area (Å²) in [5.74, 6) is 1.18. The van der Waals surface area contributed by atoms with Gasteiger partial charge in [-0.2, -0.15) is 0 Å². The van der Waals surface area contributed by atoms with Crippen molar-refractivity contribution in [3.8, 4) is 0 Å². The van der Waals surface area contributed by atoms with Crippen LogP contribution < -0.4 is 0 Å². The Morgan fingerprint density at radius 2 is 2.44 bits per heavy atom. The van der Waals surface area contributed by atoms with Crippen LogP contribution in [0.3, 0.4) is 0 Å². The first kappa shape index (κ1) is 5.03. The molecule has 0 bridgehead atoms. The van der Waals surface area contributed by atoms with Gasteiger partial charge in [-0.25, -0.2) is 0 Å². The molecule has 2 unspecified atom stereocenters. The zero-order valence-corrected chi connectivity index (χ0v) is 5.00. The van der Waals surface area contributed by atoms with E-state index in [2.05, 4.69) is 0 Å². The van der Waals surface area contributed by atoms with E-state index < -0.39 is 0 Å². The number of rotatable bonds is 0. The molecule has 0 aromatic carbocycles. The van der Waals surface area contributed by atoms with E-state index in [0.29, 0.717) is 23.8 Å². The first-order valence-electron chi connectivity index (χ1n) is 3.20. The summed E-state index contributed by atoms with van der Waals surface area (Å²) in [4.78, 5) is 10.8. The summed E-state index contributed by atoms with van der Waals surface area (Å²) < 4.78 is 0. The molecule has 0 amide bonds. The maximum atomic E-state index is 10.8. The summed E-state index contributed by atoms with van der Waals surface area (Å²) in [5, 5.41) is 8.55. The molecule has 2 atom stereocenters. The van der Waals surface area contributed by atoms with Crippen LogP contribution in [0.5, 0.6) is 0 Å². The lowest BCUT2D eigenvalue weighted by Crippen LogP contribution is -1.96. The molecule has 0 aromatic heterocycles.